The molecule has 0 saturated carbocycles. The molecule has 1 aliphatic heterocycles. The van der Waals surface area contributed by atoms with Gasteiger partial charge in [0.2, 0.25) is 5.91 Å². The minimum absolute atomic E-state index is 0.108. The molecule has 0 atom stereocenters. The summed E-state index contributed by atoms with van der Waals surface area (Å²) >= 11 is 11.5. The molecule has 2 heterocycles. The summed E-state index contributed by atoms with van der Waals surface area (Å²) in [6.45, 7) is 1.76. The number of hydrogen-bond acceptors (Lipinski definition) is 4. The number of halogens is 2. The second-order valence-corrected chi connectivity index (χ2v) is 4.34. The lowest BCUT2D eigenvalue weighted by molar-refractivity contribution is -0.117. The van der Waals surface area contributed by atoms with Crippen LogP contribution in [0.15, 0.2) is 6.33 Å². The Morgan fingerprint density at radius 1 is 1.50 bits per heavy atom. The maximum absolute atomic E-state index is 11.6. The van der Waals surface area contributed by atoms with E-state index in [1.165, 1.54) is 6.33 Å². The predicted octanol–water partition coefficient (Wildman–Crippen LogP) is 1.33. The number of rotatable bonds is 3. The maximum atomic E-state index is 11.6. The van der Waals surface area contributed by atoms with Crippen molar-refractivity contribution >= 4 is 34.9 Å². The number of hydrogen-bond donors (Lipinski definition) is 2. The van der Waals surface area contributed by atoms with Crippen LogP contribution in [0.3, 0.4) is 0 Å². The molecular weight excluding hydrogens is 251 g/mol. The number of anilines is 1. The van der Waals surface area contributed by atoms with Gasteiger partial charge in [-0.2, -0.15) is 0 Å². The quantitative estimate of drug-likeness (QED) is 0.805. The van der Waals surface area contributed by atoms with E-state index in [2.05, 4.69) is 20.6 Å². The first-order valence-electron chi connectivity index (χ1n) is 4.83. The third kappa shape index (κ3) is 2.61. The number of amides is 1. The molecule has 1 aliphatic rings. The van der Waals surface area contributed by atoms with Crippen LogP contribution in [0.5, 0.6) is 0 Å². The average molecular weight is 261 g/mol. The molecule has 0 unspecified atom stereocenters. The van der Waals surface area contributed by atoms with Crippen LogP contribution in [0.2, 0.25) is 10.2 Å². The van der Waals surface area contributed by atoms with Gasteiger partial charge in [0.15, 0.2) is 11.0 Å². The van der Waals surface area contributed by atoms with Gasteiger partial charge >= 0.3 is 0 Å². The fourth-order valence-electron chi connectivity index (χ4n) is 1.37. The topological polar surface area (TPSA) is 66.9 Å². The zero-order valence-corrected chi connectivity index (χ0v) is 9.85. The Morgan fingerprint density at radius 2 is 2.25 bits per heavy atom. The van der Waals surface area contributed by atoms with Crippen molar-refractivity contribution in [1.82, 2.24) is 15.3 Å². The Kier molecular flexibility index (Phi) is 3.58. The second kappa shape index (κ2) is 4.95. The first-order valence-corrected chi connectivity index (χ1v) is 5.59. The highest BCUT2D eigenvalue weighted by molar-refractivity contribution is 6.42. The summed E-state index contributed by atoms with van der Waals surface area (Å²) in [7, 11) is 0. The van der Waals surface area contributed by atoms with Crippen LogP contribution in [-0.2, 0) is 4.79 Å². The monoisotopic (exact) mass is 260 g/mol. The van der Waals surface area contributed by atoms with E-state index >= 15 is 0 Å². The van der Waals surface area contributed by atoms with Gasteiger partial charge in [0.1, 0.15) is 11.3 Å². The van der Waals surface area contributed by atoms with Crippen molar-refractivity contribution in [3.8, 4) is 0 Å². The van der Waals surface area contributed by atoms with Gasteiger partial charge in [0.05, 0.1) is 0 Å². The summed E-state index contributed by atoms with van der Waals surface area (Å²) < 4.78 is 0. The molecular formula is C9H10Cl2N4O. The molecule has 7 heteroatoms. The highest BCUT2D eigenvalue weighted by Crippen LogP contribution is 2.25. The second-order valence-electron chi connectivity index (χ2n) is 3.60. The summed E-state index contributed by atoms with van der Waals surface area (Å²) in [6, 6.07) is 0. The van der Waals surface area contributed by atoms with Crippen molar-refractivity contribution < 1.29 is 4.79 Å². The average Bonchev–Trinajstić information content (AvgIpc) is 2.19. The highest BCUT2D eigenvalue weighted by Gasteiger charge is 2.21. The highest BCUT2D eigenvalue weighted by atomic mass is 35.5. The van der Waals surface area contributed by atoms with Crippen molar-refractivity contribution in [1.29, 1.82) is 0 Å². The maximum Gasteiger partial charge on any atom is 0.225 e. The molecule has 1 fully saturated rings. The van der Waals surface area contributed by atoms with Gasteiger partial charge in [-0.05, 0) is 19.0 Å². The summed E-state index contributed by atoms with van der Waals surface area (Å²) in [5.74, 6) is 0.554. The number of carbonyl (C=O) groups excluding carboxylic acids is 1. The van der Waals surface area contributed by atoms with Crippen LogP contribution >= 0.6 is 23.2 Å². The lowest BCUT2D eigenvalue weighted by Gasteiger charge is -2.26. The molecule has 1 saturated heterocycles. The molecule has 0 radical (unpaired) electrons. The van der Waals surface area contributed by atoms with Gasteiger partial charge in [0, 0.05) is 6.42 Å². The fraction of sp³-hybridized carbons (Fsp3) is 0.444. The lowest BCUT2D eigenvalue weighted by atomic mass is 9.99. The first-order chi connectivity index (χ1) is 7.66. The van der Waals surface area contributed by atoms with Gasteiger partial charge in [-0.3, -0.25) is 4.79 Å². The van der Waals surface area contributed by atoms with E-state index in [0.717, 1.165) is 13.1 Å². The first kappa shape index (κ1) is 11.6. The Bertz CT molecular complexity index is 408. The zero-order valence-electron chi connectivity index (χ0n) is 8.33. The van der Waals surface area contributed by atoms with Gasteiger partial charge in [0.25, 0.3) is 0 Å². The summed E-state index contributed by atoms with van der Waals surface area (Å²) in [5, 5.41) is 6.02. The zero-order chi connectivity index (χ0) is 11.5. The van der Waals surface area contributed by atoms with E-state index in [0.29, 0.717) is 12.3 Å². The molecule has 5 nitrogen and oxygen atoms in total. The molecule has 2 rings (SSSR count). The van der Waals surface area contributed by atoms with Crippen molar-refractivity contribution in [3.63, 3.8) is 0 Å². The van der Waals surface area contributed by atoms with Crippen LogP contribution in [0.1, 0.15) is 6.42 Å². The smallest absolute Gasteiger partial charge is 0.225 e. The fourth-order valence-corrected chi connectivity index (χ4v) is 1.65. The van der Waals surface area contributed by atoms with Crippen LogP contribution < -0.4 is 10.6 Å². The van der Waals surface area contributed by atoms with Crippen LogP contribution in [-0.4, -0.2) is 29.0 Å². The van der Waals surface area contributed by atoms with Gasteiger partial charge in [-0.15, -0.1) is 0 Å². The minimum Gasteiger partial charge on any atom is -0.316 e. The van der Waals surface area contributed by atoms with Gasteiger partial charge < -0.3 is 10.6 Å². The number of nitrogens with one attached hydrogen (secondary N) is 2. The predicted molar refractivity (Wildman–Crippen MR) is 61.7 cm³/mol. The molecule has 0 aromatic carbocycles. The van der Waals surface area contributed by atoms with E-state index in [-0.39, 0.29) is 21.9 Å². The van der Waals surface area contributed by atoms with E-state index in [4.69, 9.17) is 23.2 Å². The third-order valence-electron chi connectivity index (χ3n) is 2.34. The van der Waals surface area contributed by atoms with Crippen LogP contribution in [0, 0.1) is 5.92 Å². The van der Waals surface area contributed by atoms with Crippen molar-refractivity contribution in [2.75, 3.05) is 18.4 Å². The van der Waals surface area contributed by atoms with E-state index < -0.39 is 0 Å². The number of carbonyl (C=O) groups is 1. The molecule has 1 amide bonds. The third-order valence-corrected chi connectivity index (χ3v) is 3.09. The Balaban J connectivity index is 1.97. The van der Waals surface area contributed by atoms with Crippen LogP contribution in [0.25, 0.3) is 0 Å². The summed E-state index contributed by atoms with van der Waals surface area (Å²) in [4.78, 5) is 19.1. The van der Waals surface area contributed by atoms with Gasteiger partial charge in [-0.25, -0.2) is 9.97 Å². The molecule has 1 aromatic heterocycles. The van der Waals surface area contributed by atoms with E-state index in [1.54, 1.807) is 0 Å². The lowest BCUT2D eigenvalue weighted by Crippen LogP contribution is -2.43. The van der Waals surface area contributed by atoms with Crippen LogP contribution in [0.4, 0.5) is 5.82 Å². The molecule has 2 N–H and O–H groups in total. The minimum atomic E-state index is -0.108. The molecule has 0 spiro atoms. The van der Waals surface area contributed by atoms with Crippen molar-refractivity contribution in [2.24, 2.45) is 5.92 Å². The number of aromatic nitrogens is 2. The van der Waals surface area contributed by atoms with E-state index in [9.17, 15) is 4.79 Å². The van der Waals surface area contributed by atoms with Crippen molar-refractivity contribution in [2.45, 2.75) is 6.42 Å². The SMILES string of the molecule is O=C(CC1CNC1)Nc1ncnc(Cl)c1Cl. The standard InChI is InChI=1S/C9H10Cl2N4O/c10-7-8(11)13-4-14-9(7)15-6(16)1-5-2-12-3-5/h4-5,12H,1-3H2,(H,13,14,15,16). The Morgan fingerprint density at radius 3 is 2.88 bits per heavy atom. The Hall–Kier alpha value is -0.910. The summed E-state index contributed by atoms with van der Waals surface area (Å²) in [6.07, 6.45) is 1.72. The number of nitrogens with zero attached hydrogens (tertiary/aromatic N) is 2. The molecule has 86 valence electrons. The Labute approximate surface area is 103 Å². The van der Waals surface area contributed by atoms with Crippen molar-refractivity contribution in [3.05, 3.63) is 16.5 Å². The molecule has 0 aliphatic carbocycles. The normalized spacial score (nSPS) is 15.6. The van der Waals surface area contributed by atoms with Gasteiger partial charge in [-0.1, -0.05) is 23.2 Å². The largest absolute Gasteiger partial charge is 0.316 e. The molecule has 16 heavy (non-hydrogen) atoms. The molecule has 1 aromatic rings. The summed E-state index contributed by atoms with van der Waals surface area (Å²) in [5.41, 5.74) is 0. The molecule has 0 bridgehead atoms. The van der Waals surface area contributed by atoms with E-state index in [1.807, 2.05) is 0 Å².